The molecule has 0 radical (unpaired) electrons. The van der Waals surface area contributed by atoms with Crippen LogP contribution in [-0.2, 0) is 0 Å². The van der Waals surface area contributed by atoms with E-state index in [4.69, 9.17) is 5.26 Å². The third kappa shape index (κ3) is 1770. The van der Waals surface area contributed by atoms with E-state index in [1.807, 2.05) is 6.92 Å². The molecule has 0 spiro atoms. The van der Waals surface area contributed by atoms with E-state index in [9.17, 15) is 0 Å². The molecule has 0 aliphatic rings. The van der Waals surface area contributed by atoms with Crippen molar-refractivity contribution in [2.75, 3.05) is 0 Å². The van der Waals surface area contributed by atoms with Crippen LogP contribution in [0.1, 0.15) is 6.92 Å². The zero-order valence-electron chi connectivity index (χ0n) is 5.93. The second-order valence-electron chi connectivity index (χ2n) is 0.741. The van der Waals surface area contributed by atoms with E-state index in [-0.39, 0.29) is 0 Å². The molecule has 0 rings (SSSR count). The molecule has 0 heterocycles. The van der Waals surface area contributed by atoms with Gasteiger partial charge in [0.05, 0.1) is 6.07 Å². The van der Waals surface area contributed by atoms with E-state index in [2.05, 4.69) is 26.3 Å². The van der Waals surface area contributed by atoms with Crippen LogP contribution in [-0.4, -0.2) is 0 Å². The Morgan fingerprint density at radius 1 is 1.33 bits per heavy atom. The summed E-state index contributed by atoms with van der Waals surface area (Å²) in [6, 6.07) is 1.69. The highest BCUT2D eigenvalue weighted by atomic mass is 14.2. The Morgan fingerprint density at radius 2 is 1.44 bits per heavy atom. The van der Waals surface area contributed by atoms with E-state index in [0.717, 1.165) is 0 Å². The normalized spacial score (nSPS) is 3.56. The lowest BCUT2D eigenvalue weighted by Gasteiger charge is -1.31. The molecule has 1 nitrogen and oxygen atoms in total. The van der Waals surface area contributed by atoms with Gasteiger partial charge in [0.2, 0.25) is 0 Å². The Bertz CT molecular complexity index is 87.2. The first kappa shape index (κ1) is 15.6. The summed E-state index contributed by atoms with van der Waals surface area (Å²) >= 11 is 0. The zero-order valence-corrected chi connectivity index (χ0v) is 5.93. The summed E-state index contributed by atoms with van der Waals surface area (Å²) < 4.78 is 0. The van der Waals surface area contributed by atoms with Crippen molar-refractivity contribution in [1.29, 1.82) is 5.26 Å². The number of nitriles is 1. The monoisotopic (exact) mass is 123 g/mol. The Hall–Kier alpha value is -1.29. The molecule has 0 unspecified atom stereocenters. The van der Waals surface area contributed by atoms with Crippen molar-refractivity contribution in [3.05, 3.63) is 38.5 Å². The maximum absolute atomic E-state index is 7.51. The minimum atomic E-state index is 1.18. The van der Waals surface area contributed by atoms with Crippen molar-refractivity contribution in [2.24, 2.45) is 0 Å². The van der Waals surface area contributed by atoms with Crippen molar-refractivity contribution >= 4 is 0 Å². The number of rotatable bonds is 0. The van der Waals surface area contributed by atoms with Gasteiger partial charge in [-0.3, -0.25) is 0 Å². The van der Waals surface area contributed by atoms with Gasteiger partial charge in [-0.25, -0.2) is 0 Å². The summed E-state index contributed by atoms with van der Waals surface area (Å²) in [5.41, 5.74) is 0. The highest BCUT2D eigenvalue weighted by Crippen LogP contribution is 1.41. The fourth-order valence-electron chi connectivity index (χ4n) is 0. The van der Waals surface area contributed by atoms with Crippen LogP contribution in [0.4, 0.5) is 0 Å². The number of allylic oxidation sites excluding steroid dienone is 2. The van der Waals surface area contributed by atoms with Crippen LogP contribution >= 0.6 is 0 Å². The Morgan fingerprint density at radius 3 is 1.44 bits per heavy atom. The van der Waals surface area contributed by atoms with Gasteiger partial charge in [0.25, 0.3) is 0 Å². The number of hydrogen-bond acceptors (Lipinski definition) is 1. The van der Waals surface area contributed by atoms with Gasteiger partial charge in [0.15, 0.2) is 0 Å². The van der Waals surface area contributed by atoms with E-state index < -0.39 is 0 Å². The van der Waals surface area contributed by atoms with Crippen molar-refractivity contribution in [1.82, 2.24) is 0 Å². The second-order valence-corrected chi connectivity index (χ2v) is 0.741. The lowest BCUT2D eigenvalue weighted by Crippen LogP contribution is -1.23. The molecule has 9 heavy (non-hydrogen) atoms. The smallest absolute Gasteiger partial charge is 0.0905 e. The molecule has 0 amide bonds. The van der Waals surface area contributed by atoms with Crippen molar-refractivity contribution < 1.29 is 0 Å². The highest BCUT2D eigenvalue weighted by Gasteiger charge is 1.34. The molecule has 0 aromatic heterocycles. The molecule has 0 aromatic carbocycles. The number of hydrogen-bond donors (Lipinski definition) is 0. The van der Waals surface area contributed by atoms with Crippen molar-refractivity contribution in [3.8, 4) is 6.07 Å². The summed E-state index contributed by atoms with van der Waals surface area (Å²) in [5, 5.41) is 7.51. The molecule has 0 saturated heterocycles. The maximum Gasteiger partial charge on any atom is 0.0905 e. The topological polar surface area (TPSA) is 23.8 Å². The summed E-state index contributed by atoms with van der Waals surface area (Å²) in [7, 11) is 0. The van der Waals surface area contributed by atoms with Crippen LogP contribution in [0.15, 0.2) is 38.5 Å². The van der Waals surface area contributed by atoms with Gasteiger partial charge in [0, 0.05) is 6.08 Å². The average molecular weight is 123 g/mol. The zero-order chi connectivity index (χ0) is 8.12. The Balaban J connectivity index is -0.0000000646. The quantitative estimate of drug-likeness (QED) is 0.359. The molecule has 50 valence electrons. The number of nitrogens with zero attached hydrogens (tertiary/aromatic N) is 1. The summed E-state index contributed by atoms with van der Waals surface area (Å²) in [6.07, 6.45) is 2.93. The summed E-state index contributed by atoms with van der Waals surface area (Å²) in [6.45, 7) is 14.4. The van der Waals surface area contributed by atoms with E-state index in [0.29, 0.717) is 0 Å². The van der Waals surface area contributed by atoms with Crippen molar-refractivity contribution in [3.63, 3.8) is 0 Å². The van der Waals surface area contributed by atoms with Crippen LogP contribution in [0.3, 0.4) is 0 Å². The van der Waals surface area contributed by atoms with Gasteiger partial charge in [-0.15, -0.1) is 19.7 Å². The molecule has 0 aromatic rings. The molecule has 1 heteroatoms. The first-order valence-electron chi connectivity index (χ1n) is 2.41. The molecule has 0 atom stereocenters. The van der Waals surface area contributed by atoms with Gasteiger partial charge in [-0.1, -0.05) is 12.7 Å². The molecule has 0 bridgehead atoms. The minimum Gasteiger partial charge on any atom is -0.193 e. The van der Waals surface area contributed by atoms with Crippen LogP contribution in [0.2, 0.25) is 0 Å². The minimum absolute atomic E-state index is 1.18. The third-order valence-corrected chi connectivity index (χ3v) is 0.0913. The second kappa shape index (κ2) is 74.8. The molecule has 0 N–H and O–H groups in total. The SMILES string of the molecule is C=C.C=CC.C=CC#N. The third-order valence-electron chi connectivity index (χ3n) is 0.0913. The first-order valence-corrected chi connectivity index (χ1v) is 2.41. The van der Waals surface area contributed by atoms with Gasteiger partial charge in [-0.2, -0.15) is 5.26 Å². The molecular formula is C8H13N. The Labute approximate surface area is 57.6 Å². The fourth-order valence-corrected chi connectivity index (χ4v) is 0. The van der Waals surface area contributed by atoms with Gasteiger partial charge >= 0.3 is 0 Å². The van der Waals surface area contributed by atoms with Crippen LogP contribution in [0, 0.1) is 11.3 Å². The molecule has 0 aliphatic heterocycles. The van der Waals surface area contributed by atoms with Crippen LogP contribution in [0.5, 0.6) is 0 Å². The summed E-state index contributed by atoms with van der Waals surface area (Å²) in [4.78, 5) is 0. The predicted octanol–water partition coefficient (Wildman–Crippen LogP) is 2.69. The van der Waals surface area contributed by atoms with Crippen molar-refractivity contribution in [2.45, 2.75) is 6.92 Å². The van der Waals surface area contributed by atoms with Crippen LogP contribution in [0.25, 0.3) is 0 Å². The largest absolute Gasteiger partial charge is 0.193 e. The van der Waals surface area contributed by atoms with E-state index in [1.54, 1.807) is 12.1 Å². The first-order chi connectivity index (χ1) is 4.33. The highest BCUT2D eigenvalue weighted by molar-refractivity contribution is 4.93. The van der Waals surface area contributed by atoms with Crippen LogP contribution < -0.4 is 0 Å². The van der Waals surface area contributed by atoms with Gasteiger partial charge < -0.3 is 0 Å². The standard InChI is InChI=1S/C3H3N.C3H6.C2H4/c1-2-3-4;1-3-2;1-2/h2H,1H2;3H,1H2,2H3;1-2H2. The predicted molar refractivity (Wildman–Crippen MR) is 42.9 cm³/mol. The fraction of sp³-hybridized carbons (Fsp3) is 0.125. The average Bonchev–Trinajstić information content (AvgIpc) is 1.94. The maximum atomic E-state index is 7.51. The summed E-state index contributed by atoms with van der Waals surface area (Å²) in [5.74, 6) is 0. The molecule has 0 saturated carbocycles. The van der Waals surface area contributed by atoms with E-state index >= 15 is 0 Å². The lowest BCUT2D eigenvalue weighted by molar-refractivity contribution is 1.54. The van der Waals surface area contributed by atoms with Gasteiger partial charge in [-0.05, 0) is 6.92 Å². The molecule has 0 aliphatic carbocycles. The molecule has 0 fully saturated rings. The molecular weight excluding hydrogens is 110 g/mol. The Kier molecular flexibility index (Phi) is 130. The van der Waals surface area contributed by atoms with Gasteiger partial charge in [0.1, 0.15) is 0 Å². The lowest BCUT2D eigenvalue weighted by atomic mass is 10.8. The van der Waals surface area contributed by atoms with E-state index in [1.165, 1.54) is 6.08 Å².